The predicted octanol–water partition coefficient (Wildman–Crippen LogP) is 3.72. The highest BCUT2D eigenvalue weighted by molar-refractivity contribution is 6.30. The Morgan fingerprint density at radius 1 is 1.07 bits per heavy atom. The second-order valence-corrected chi connectivity index (χ2v) is 6.69. The number of allylic oxidation sites excluding steroid dienone is 1. The van der Waals surface area contributed by atoms with Crippen LogP contribution in [0.4, 0.5) is 0 Å². The third kappa shape index (κ3) is 3.54. The third-order valence-electron chi connectivity index (χ3n) is 4.51. The molecule has 0 saturated heterocycles. The standard InChI is InChI=1S/C21H15ClN4O2/c22-16-6-3-14(4-7-16)18-13-20(26(25-18)21(28)2-1-11-27)15-5-8-17-19(12-15)24-10-9-23-17/h1-12,20H,13H2/b2-1+. The molecule has 28 heavy (non-hydrogen) atoms. The number of halogens is 1. The minimum absolute atomic E-state index is 0.305. The highest BCUT2D eigenvalue weighted by Gasteiger charge is 2.32. The SMILES string of the molecule is O=C/C=C/C(=O)N1N=C(c2ccc(Cl)cc2)CC1c1ccc2nccnc2c1. The van der Waals surface area contributed by atoms with Gasteiger partial charge in [-0.25, -0.2) is 5.01 Å². The van der Waals surface area contributed by atoms with Crippen molar-refractivity contribution in [2.24, 2.45) is 5.10 Å². The van der Waals surface area contributed by atoms with Crippen molar-refractivity contribution in [2.45, 2.75) is 12.5 Å². The normalized spacial score (nSPS) is 16.5. The van der Waals surface area contributed by atoms with E-state index in [9.17, 15) is 9.59 Å². The Balaban J connectivity index is 1.73. The molecule has 0 spiro atoms. The number of aldehydes is 1. The van der Waals surface area contributed by atoms with Gasteiger partial charge in [0, 0.05) is 29.9 Å². The van der Waals surface area contributed by atoms with E-state index in [4.69, 9.17) is 11.6 Å². The molecular formula is C21H15ClN4O2. The van der Waals surface area contributed by atoms with Crippen LogP contribution in [0.1, 0.15) is 23.6 Å². The Kier molecular flexibility index (Phi) is 4.95. The maximum absolute atomic E-state index is 12.6. The summed E-state index contributed by atoms with van der Waals surface area (Å²) in [4.78, 5) is 31.8. The fourth-order valence-electron chi connectivity index (χ4n) is 3.18. The van der Waals surface area contributed by atoms with Crippen LogP contribution in [0.15, 0.2) is 72.1 Å². The molecule has 138 valence electrons. The zero-order valence-electron chi connectivity index (χ0n) is 14.7. The van der Waals surface area contributed by atoms with Crippen molar-refractivity contribution in [2.75, 3.05) is 0 Å². The summed E-state index contributed by atoms with van der Waals surface area (Å²) in [5.74, 6) is -0.361. The topological polar surface area (TPSA) is 75.5 Å². The quantitative estimate of drug-likeness (QED) is 0.502. The molecule has 0 aliphatic carbocycles. The number of hydrazone groups is 1. The van der Waals surface area contributed by atoms with E-state index in [-0.39, 0.29) is 11.9 Å². The maximum Gasteiger partial charge on any atom is 0.267 e. The molecule has 4 rings (SSSR count). The molecule has 2 aromatic carbocycles. The lowest BCUT2D eigenvalue weighted by Crippen LogP contribution is -2.25. The molecule has 0 fully saturated rings. The van der Waals surface area contributed by atoms with Crippen molar-refractivity contribution in [1.82, 2.24) is 15.0 Å². The van der Waals surface area contributed by atoms with Gasteiger partial charge in [-0.3, -0.25) is 19.6 Å². The van der Waals surface area contributed by atoms with Gasteiger partial charge < -0.3 is 0 Å². The zero-order chi connectivity index (χ0) is 19.5. The number of fused-ring (bicyclic) bond motifs is 1. The van der Waals surface area contributed by atoms with Crippen LogP contribution >= 0.6 is 11.6 Å². The van der Waals surface area contributed by atoms with Gasteiger partial charge in [-0.15, -0.1) is 0 Å². The Morgan fingerprint density at radius 3 is 2.57 bits per heavy atom. The van der Waals surface area contributed by atoms with Gasteiger partial charge in [-0.2, -0.15) is 5.10 Å². The van der Waals surface area contributed by atoms with E-state index < -0.39 is 0 Å². The van der Waals surface area contributed by atoms with E-state index in [1.165, 1.54) is 17.2 Å². The van der Waals surface area contributed by atoms with Gasteiger partial charge in [-0.05, 0) is 41.5 Å². The molecule has 1 atom stereocenters. The molecule has 1 unspecified atom stereocenters. The van der Waals surface area contributed by atoms with Gasteiger partial charge in [-0.1, -0.05) is 29.8 Å². The average Bonchev–Trinajstić information content (AvgIpc) is 3.17. The molecule has 1 aliphatic heterocycles. The van der Waals surface area contributed by atoms with Crippen LogP contribution in [0.2, 0.25) is 5.02 Å². The van der Waals surface area contributed by atoms with Crippen LogP contribution in [-0.2, 0) is 9.59 Å². The van der Waals surface area contributed by atoms with E-state index >= 15 is 0 Å². The lowest BCUT2D eigenvalue weighted by Gasteiger charge is -2.20. The van der Waals surface area contributed by atoms with Gasteiger partial charge in [0.15, 0.2) is 0 Å². The summed E-state index contributed by atoms with van der Waals surface area (Å²) in [5.41, 5.74) is 4.09. The smallest absolute Gasteiger partial charge is 0.267 e. The monoisotopic (exact) mass is 390 g/mol. The number of nitrogens with zero attached hydrogens (tertiary/aromatic N) is 4. The molecule has 0 N–H and O–H groups in total. The van der Waals surface area contributed by atoms with Gasteiger partial charge in [0.05, 0.1) is 22.8 Å². The lowest BCUT2D eigenvalue weighted by atomic mass is 9.98. The molecule has 1 amide bonds. The van der Waals surface area contributed by atoms with Gasteiger partial charge >= 0.3 is 0 Å². The van der Waals surface area contributed by atoms with Crippen molar-refractivity contribution in [1.29, 1.82) is 0 Å². The van der Waals surface area contributed by atoms with Crippen LogP contribution in [0.25, 0.3) is 11.0 Å². The summed E-state index contributed by atoms with van der Waals surface area (Å²) in [6, 6.07) is 12.7. The molecule has 0 bridgehead atoms. The summed E-state index contributed by atoms with van der Waals surface area (Å²) >= 11 is 5.98. The van der Waals surface area contributed by atoms with Crippen LogP contribution in [0, 0.1) is 0 Å². The van der Waals surface area contributed by atoms with Crippen molar-refractivity contribution in [3.05, 3.63) is 83.2 Å². The largest absolute Gasteiger partial charge is 0.299 e. The van der Waals surface area contributed by atoms with E-state index in [1.54, 1.807) is 24.5 Å². The highest BCUT2D eigenvalue weighted by atomic mass is 35.5. The first-order valence-electron chi connectivity index (χ1n) is 8.65. The second kappa shape index (κ2) is 7.70. The number of carbonyl (C=O) groups is 2. The number of benzene rings is 2. The van der Waals surface area contributed by atoms with Crippen molar-refractivity contribution < 1.29 is 9.59 Å². The lowest BCUT2D eigenvalue weighted by molar-refractivity contribution is -0.127. The van der Waals surface area contributed by atoms with Gasteiger partial charge in [0.25, 0.3) is 5.91 Å². The molecular weight excluding hydrogens is 376 g/mol. The maximum atomic E-state index is 12.6. The van der Waals surface area contributed by atoms with E-state index in [0.29, 0.717) is 17.7 Å². The number of aromatic nitrogens is 2. The first kappa shape index (κ1) is 18.0. The minimum atomic E-state index is -0.361. The number of hydrogen-bond acceptors (Lipinski definition) is 5. The van der Waals surface area contributed by atoms with Crippen LogP contribution in [0.5, 0.6) is 0 Å². The molecule has 0 radical (unpaired) electrons. The van der Waals surface area contributed by atoms with E-state index in [0.717, 1.165) is 27.9 Å². The van der Waals surface area contributed by atoms with Crippen LogP contribution < -0.4 is 0 Å². The Hall–Kier alpha value is -3.38. The van der Waals surface area contributed by atoms with E-state index in [2.05, 4.69) is 15.1 Å². The fraction of sp³-hybridized carbons (Fsp3) is 0.0952. The third-order valence-corrected chi connectivity index (χ3v) is 4.76. The predicted molar refractivity (Wildman–Crippen MR) is 107 cm³/mol. The van der Waals surface area contributed by atoms with Gasteiger partial charge in [0.1, 0.15) is 6.29 Å². The molecule has 1 aliphatic rings. The van der Waals surface area contributed by atoms with Crippen molar-refractivity contribution in [3.8, 4) is 0 Å². The highest BCUT2D eigenvalue weighted by Crippen LogP contribution is 2.34. The fourth-order valence-corrected chi connectivity index (χ4v) is 3.30. The molecule has 1 aromatic heterocycles. The van der Waals surface area contributed by atoms with Gasteiger partial charge in [0.2, 0.25) is 0 Å². The minimum Gasteiger partial charge on any atom is -0.299 e. The molecule has 3 aromatic rings. The first-order valence-corrected chi connectivity index (χ1v) is 9.02. The summed E-state index contributed by atoms with van der Waals surface area (Å²) < 4.78 is 0. The summed E-state index contributed by atoms with van der Waals surface area (Å²) in [6.07, 6.45) is 6.76. The zero-order valence-corrected chi connectivity index (χ0v) is 15.5. The second-order valence-electron chi connectivity index (χ2n) is 6.26. The average molecular weight is 391 g/mol. The summed E-state index contributed by atoms with van der Waals surface area (Å²) in [6.45, 7) is 0. The number of carbonyl (C=O) groups excluding carboxylic acids is 2. The molecule has 6 nitrogen and oxygen atoms in total. The first-order chi connectivity index (χ1) is 13.7. The Morgan fingerprint density at radius 2 is 1.82 bits per heavy atom. The Labute approximate surface area is 166 Å². The van der Waals surface area contributed by atoms with Crippen LogP contribution in [-0.4, -0.2) is 32.9 Å². The number of rotatable bonds is 4. The number of hydrogen-bond donors (Lipinski definition) is 0. The summed E-state index contributed by atoms with van der Waals surface area (Å²) in [7, 11) is 0. The van der Waals surface area contributed by atoms with Crippen molar-refractivity contribution in [3.63, 3.8) is 0 Å². The number of amides is 1. The molecule has 7 heteroatoms. The summed E-state index contributed by atoms with van der Waals surface area (Å²) in [5, 5.41) is 6.57. The van der Waals surface area contributed by atoms with Crippen molar-refractivity contribution >= 4 is 40.5 Å². The molecule has 2 heterocycles. The van der Waals surface area contributed by atoms with Crippen LogP contribution in [0.3, 0.4) is 0 Å². The Bertz CT molecular complexity index is 1110. The molecule has 0 saturated carbocycles. The van der Waals surface area contributed by atoms with E-state index in [1.807, 2.05) is 30.3 Å².